The summed E-state index contributed by atoms with van der Waals surface area (Å²) in [5, 5.41) is 8.50. The molecule has 3 N–H and O–H groups in total. The van der Waals surface area contributed by atoms with E-state index in [4.69, 9.17) is 4.74 Å². The average molecular weight is 335 g/mol. The zero-order chi connectivity index (χ0) is 17.1. The topological polar surface area (TPSA) is 49.1 Å². The lowest BCUT2D eigenvalue weighted by Gasteiger charge is -2.19. The molecule has 4 nitrogen and oxygen atoms in total. The maximum Gasteiger partial charge on any atom is 0.128 e. The van der Waals surface area contributed by atoms with Gasteiger partial charge in [-0.25, -0.2) is 0 Å². The summed E-state index contributed by atoms with van der Waals surface area (Å²) in [5.74, 6) is 0.942. The Labute approximate surface area is 148 Å². The van der Waals surface area contributed by atoms with Gasteiger partial charge in [0.15, 0.2) is 0 Å². The van der Waals surface area contributed by atoms with Gasteiger partial charge < -0.3 is 20.4 Å². The van der Waals surface area contributed by atoms with E-state index in [-0.39, 0.29) is 0 Å². The van der Waals surface area contributed by atoms with Crippen molar-refractivity contribution in [1.82, 2.24) is 10.3 Å². The van der Waals surface area contributed by atoms with Crippen LogP contribution in [0.4, 0.5) is 5.69 Å². The van der Waals surface area contributed by atoms with Crippen LogP contribution in [-0.4, -0.2) is 25.2 Å². The molecule has 0 bridgehead atoms. The summed E-state index contributed by atoms with van der Waals surface area (Å²) >= 11 is 0. The Morgan fingerprint density at radius 3 is 3.00 bits per heavy atom. The standard InChI is InChI=1S/C21H25N3O/c1-25-20-10-4-8-19-21(20)15(14-24-19)11-13-23-18-9-5-12-22-17-7-3-2-6-16(17)18/h2-4,6-8,10,14,18,22-24H,5,9,11-13H2,1H3/t18-/m0/s1. The van der Waals surface area contributed by atoms with E-state index in [1.807, 2.05) is 12.1 Å². The Morgan fingerprint density at radius 2 is 2.08 bits per heavy atom. The van der Waals surface area contributed by atoms with E-state index < -0.39 is 0 Å². The second-order valence-corrected chi connectivity index (χ2v) is 6.61. The van der Waals surface area contributed by atoms with Gasteiger partial charge in [0.1, 0.15) is 5.75 Å². The molecule has 2 heterocycles. The summed E-state index contributed by atoms with van der Waals surface area (Å²) in [5.41, 5.74) is 5.10. The number of hydrogen-bond donors (Lipinski definition) is 3. The molecule has 0 saturated heterocycles. The van der Waals surface area contributed by atoms with Crippen molar-refractivity contribution in [3.05, 3.63) is 59.8 Å². The van der Waals surface area contributed by atoms with E-state index in [9.17, 15) is 0 Å². The molecular formula is C21H25N3O. The normalized spacial score (nSPS) is 16.9. The van der Waals surface area contributed by atoms with Crippen LogP contribution in [0.1, 0.15) is 30.0 Å². The predicted octanol–water partition coefficient (Wildman–Crippen LogP) is 4.26. The molecule has 4 rings (SSSR count). The quantitative estimate of drug-likeness (QED) is 0.653. The summed E-state index contributed by atoms with van der Waals surface area (Å²) in [6.07, 6.45) is 5.44. The second-order valence-electron chi connectivity index (χ2n) is 6.61. The van der Waals surface area contributed by atoms with Crippen LogP contribution in [0.25, 0.3) is 10.9 Å². The Balaban J connectivity index is 1.48. The molecule has 0 unspecified atom stereocenters. The average Bonchev–Trinajstić information content (AvgIpc) is 2.96. The molecule has 0 saturated carbocycles. The van der Waals surface area contributed by atoms with Gasteiger partial charge in [0, 0.05) is 35.4 Å². The minimum atomic E-state index is 0.415. The van der Waals surface area contributed by atoms with E-state index in [2.05, 4.69) is 52.1 Å². The number of aromatic amines is 1. The van der Waals surface area contributed by atoms with Gasteiger partial charge >= 0.3 is 0 Å². The maximum absolute atomic E-state index is 5.54. The number of para-hydroxylation sites is 1. The highest BCUT2D eigenvalue weighted by Gasteiger charge is 2.17. The van der Waals surface area contributed by atoms with Crippen LogP contribution in [0.5, 0.6) is 5.75 Å². The number of nitrogens with one attached hydrogen (secondary N) is 3. The van der Waals surface area contributed by atoms with Crippen molar-refractivity contribution in [1.29, 1.82) is 0 Å². The second kappa shape index (κ2) is 7.19. The van der Waals surface area contributed by atoms with Crippen LogP contribution in [0.2, 0.25) is 0 Å². The third-order valence-corrected chi connectivity index (χ3v) is 5.08. The van der Waals surface area contributed by atoms with E-state index in [0.717, 1.165) is 30.8 Å². The van der Waals surface area contributed by atoms with Crippen LogP contribution < -0.4 is 15.4 Å². The molecular weight excluding hydrogens is 310 g/mol. The lowest BCUT2D eigenvalue weighted by atomic mass is 10.0. The number of fused-ring (bicyclic) bond motifs is 2. The lowest BCUT2D eigenvalue weighted by molar-refractivity contribution is 0.419. The fourth-order valence-electron chi connectivity index (χ4n) is 3.83. The van der Waals surface area contributed by atoms with E-state index >= 15 is 0 Å². The van der Waals surface area contributed by atoms with E-state index in [0.29, 0.717) is 6.04 Å². The Bertz CT molecular complexity index is 855. The van der Waals surface area contributed by atoms with Crippen molar-refractivity contribution in [3.8, 4) is 5.75 Å². The minimum Gasteiger partial charge on any atom is -0.496 e. The summed E-state index contributed by atoms with van der Waals surface area (Å²) < 4.78 is 5.54. The van der Waals surface area contributed by atoms with Gasteiger partial charge in [0.2, 0.25) is 0 Å². The molecule has 1 atom stereocenters. The van der Waals surface area contributed by atoms with Crippen LogP contribution in [0, 0.1) is 0 Å². The van der Waals surface area contributed by atoms with Crippen molar-refractivity contribution in [2.75, 3.05) is 25.5 Å². The predicted molar refractivity (Wildman–Crippen MR) is 103 cm³/mol. The van der Waals surface area contributed by atoms with E-state index in [1.54, 1.807) is 7.11 Å². The number of aromatic nitrogens is 1. The first-order valence-electron chi connectivity index (χ1n) is 9.06. The van der Waals surface area contributed by atoms with Crippen LogP contribution in [-0.2, 0) is 6.42 Å². The summed E-state index contributed by atoms with van der Waals surface area (Å²) in [4.78, 5) is 3.36. The smallest absolute Gasteiger partial charge is 0.128 e. The first-order valence-corrected chi connectivity index (χ1v) is 9.06. The molecule has 0 aliphatic carbocycles. The molecule has 1 aromatic heterocycles. The number of methoxy groups -OCH3 is 1. The molecule has 4 heteroatoms. The Morgan fingerprint density at radius 1 is 1.16 bits per heavy atom. The Kier molecular flexibility index (Phi) is 4.61. The number of benzene rings is 2. The molecule has 1 aliphatic rings. The van der Waals surface area contributed by atoms with Crippen LogP contribution >= 0.6 is 0 Å². The van der Waals surface area contributed by atoms with Gasteiger partial charge in [-0.05, 0) is 55.1 Å². The largest absolute Gasteiger partial charge is 0.496 e. The number of ether oxygens (including phenoxy) is 1. The first-order chi connectivity index (χ1) is 12.4. The van der Waals surface area contributed by atoms with E-state index in [1.165, 1.54) is 35.0 Å². The highest BCUT2D eigenvalue weighted by molar-refractivity contribution is 5.89. The van der Waals surface area contributed by atoms with Crippen LogP contribution in [0.15, 0.2) is 48.7 Å². The van der Waals surface area contributed by atoms with Gasteiger partial charge in [-0.2, -0.15) is 0 Å². The minimum absolute atomic E-state index is 0.415. The zero-order valence-corrected chi connectivity index (χ0v) is 14.6. The zero-order valence-electron chi connectivity index (χ0n) is 14.6. The van der Waals surface area contributed by atoms with Crippen LogP contribution in [0.3, 0.4) is 0 Å². The number of rotatable bonds is 5. The van der Waals surface area contributed by atoms with Gasteiger partial charge in [-0.15, -0.1) is 0 Å². The third-order valence-electron chi connectivity index (χ3n) is 5.08. The summed E-state index contributed by atoms with van der Waals surface area (Å²) in [7, 11) is 1.74. The van der Waals surface area contributed by atoms with Crippen molar-refractivity contribution in [2.24, 2.45) is 0 Å². The summed E-state index contributed by atoms with van der Waals surface area (Å²) in [6.45, 7) is 2.00. The molecule has 0 spiro atoms. The highest BCUT2D eigenvalue weighted by atomic mass is 16.5. The number of H-pyrrole nitrogens is 1. The molecule has 0 amide bonds. The summed E-state index contributed by atoms with van der Waals surface area (Å²) in [6, 6.07) is 15.2. The fraction of sp³-hybridized carbons (Fsp3) is 0.333. The molecule has 0 radical (unpaired) electrons. The molecule has 2 aromatic carbocycles. The van der Waals surface area contributed by atoms with Crippen molar-refractivity contribution >= 4 is 16.6 Å². The monoisotopic (exact) mass is 335 g/mol. The first kappa shape index (κ1) is 16.0. The van der Waals surface area contributed by atoms with Gasteiger partial charge in [0.25, 0.3) is 0 Å². The molecule has 3 aromatic rings. The van der Waals surface area contributed by atoms with Crippen molar-refractivity contribution in [2.45, 2.75) is 25.3 Å². The Hall–Kier alpha value is -2.46. The van der Waals surface area contributed by atoms with Gasteiger partial charge in [0.05, 0.1) is 7.11 Å². The lowest BCUT2D eigenvalue weighted by Crippen LogP contribution is -2.23. The highest BCUT2D eigenvalue weighted by Crippen LogP contribution is 2.30. The molecule has 0 fully saturated rings. The molecule has 1 aliphatic heterocycles. The molecule has 25 heavy (non-hydrogen) atoms. The third kappa shape index (κ3) is 3.22. The molecule has 130 valence electrons. The van der Waals surface area contributed by atoms with Gasteiger partial charge in [-0.3, -0.25) is 0 Å². The van der Waals surface area contributed by atoms with Crippen molar-refractivity contribution < 1.29 is 4.74 Å². The SMILES string of the molecule is COc1cccc2[nH]cc(CCN[C@H]3CCCNc4ccccc43)c12. The van der Waals surface area contributed by atoms with Crippen molar-refractivity contribution in [3.63, 3.8) is 0 Å². The number of anilines is 1. The maximum atomic E-state index is 5.54. The fourth-order valence-corrected chi connectivity index (χ4v) is 3.83. The number of hydrogen-bond acceptors (Lipinski definition) is 3. The van der Waals surface area contributed by atoms with Gasteiger partial charge in [-0.1, -0.05) is 24.3 Å².